The monoisotopic (exact) mass is 237 g/mol. The zero-order chi connectivity index (χ0) is 12.8. The van der Waals surface area contributed by atoms with Crippen molar-refractivity contribution >= 4 is 5.91 Å². The van der Waals surface area contributed by atoms with E-state index in [-0.39, 0.29) is 0 Å². The third kappa shape index (κ3) is 4.53. The predicted molar refractivity (Wildman–Crippen MR) is 72.9 cm³/mol. The molecule has 0 aromatic carbocycles. The van der Waals surface area contributed by atoms with Crippen molar-refractivity contribution in [3.63, 3.8) is 0 Å². The summed E-state index contributed by atoms with van der Waals surface area (Å²) in [6.07, 6.45) is 7.78. The Morgan fingerprint density at radius 2 is 2.24 bits per heavy atom. The predicted octanol–water partition coefficient (Wildman–Crippen LogP) is 3.77. The van der Waals surface area contributed by atoms with Crippen LogP contribution in [0.3, 0.4) is 0 Å². The molecule has 0 spiro atoms. The van der Waals surface area contributed by atoms with Gasteiger partial charge in [0.25, 0.3) is 0 Å². The number of nitrogens with zero attached hydrogens (tertiary/aromatic N) is 1. The Bertz CT molecular complexity index is 279. The van der Waals surface area contributed by atoms with Gasteiger partial charge in [0.05, 0.1) is 0 Å². The molecule has 0 bridgehead atoms. The van der Waals surface area contributed by atoms with E-state index < -0.39 is 0 Å². The van der Waals surface area contributed by atoms with Crippen LogP contribution in [0.15, 0.2) is 11.6 Å². The number of amides is 1. The van der Waals surface area contributed by atoms with Gasteiger partial charge in [-0.2, -0.15) is 0 Å². The summed E-state index contributed by atoms with van der Waals surface area (Å²) in [7, 11) is 0. The van der Waals surface area contributed by atoms with E-state index in [1.165, 1.54) is 24.8 Å². The standard InChI is InChI=1S/C15H27NO/c1-5-9-16-14(11-15(16)17)10-13(4)8-6-7-12(2)3/h7,13-14H,5-6,8-11H2,1-4H3/t13-,14?/m1/s1. The van der Waals surface area contributed by atoms with Crippen molar-refractivity contribution in [1.82, 2.24) is 4.90 Å². The van der Waals surface area contributed by atoms with Crippen LogP contribution in [0.4, 0.5) is 0 Å². The molecule has 2 nitrogen and oxygen atoms in total. The lowest BCUT2D eigenvalue weighted by atomic mass is 9.89. The molecule has 0 aromatic heterocycles. The van der Waals surface area contributed by atoms with E-state index >= 15 is 0 Å². The highest BCUT2D eigenvalue weighted by Gasteiger charge is 2.35. The first-order valence-electron chi connectivity index (χ1n) is 6.97. The van der Waals surface area contributed by atoms with Gasteiger partial charge in [-0.15, -0.1) is 0 Å². The lowest BCUT2D eigenvalue weighted by Gasteiger charge is -2.41. The van der Waals surface area contributed by atoms with Gasteiger partial charge in [-0.05, 0) is 45.4 Å². The number of rotatable bonds is 7. The summed E-state index contributed by atoms with van der Waals surface area (Å²) in [4.78, 5) is 13.5. The molecule has 98 valence electrons. The van der Waals surface area contributed by atoms with Gasteiger partial charge in [0.1, 0.15) is 0 Å². The van der Waals surface area contributed by atoms with Crippen molar-refractivity contribution in [1.29, 1.82) is 0 Å². The molecule has 1 aliphatic heterocycles. The first-order chi connectivity index (χ1) is 8.04. The van der Waals surface area contributed by atoms with Gasteiger partial charge in [-0.1, -0.05) is 25.5 Å². The number of carbonyl (C=O) groups excluding carboxylic acids is 1. The number of carbonyl (C=O) groups is 1. The van der Waals surface area contributed by atoms with Crippen molar-refractivity contribution in [2.45, 2.75) is 65.8 Å². The van der Waals surface area contributed by atoms with Crippen molar-refractivity contribution in [2.75, 3.05) is 6.54 Å². The first kappa shape index (κ1) is 14.3. The Labute approximate surface area is 106 Å². The third-order valence-electron chi connectivity index (χ3n) is 3.52. The van der Waals surface area contributed by atoms with Crippen LogP contribution in [0, 0.1) is 5.92 Å². The number of β-lactam (4-membered cyclic amide) rings is 1. The lowest BCUT2D eigenvalue weighted by molar-refractivity contribution is -0.146. The summed E-state index contributed by atoms with van der Waals surface area (Å²) in [6, 6.07) is 0.532. The molecule has 0 aromatic rings. The molecule has 2 atom stereocenters. The molecule has 0 radical (unpaired) electrons. The van der Waals surface area contributed by atoms with E-state index in [1.54, 1.807) is 0 Å². The fraction of sp³-hybridized carbons (Fsp3) is 0.800. The zero-order valence-electron chi connectivity index (χ0n) is 11.8. The van der Waals surface area contributed by atoms with Gasteiger partial charge >= 0.3 is 0 Å². The summed E-state index contributed by atoms with van der Waals surface area (Å²) >= 11 is 0. The highest BCUT2D eigenvalue weighted by atomic mass is 16.2. The topological polar surface area (TPSA) is 20.3 Å². The molecule has 1 fully saturated rings. The third-order valence-corrected chi connectivity index (χ3v) is 3.52. The summed E-state index contributed by atoms with van der Waals surface area (Å²) < 4.78 is 0. The van der Waals surface area contributed by atoms with Gasteiger partial charge in [-0.25, -0.2) is 0 Å². The number of allylic oxidation sites excluding steroid dienone is 2. The second-order valence-electron chi connectivity index (χ2n) is 5.64. The van der Waals surface area contributed by atoms with Gasteiger partial charge in [0, 0.05) is 19.0 Å². The van der Waals surface area contributed by atoms with Crippen LogP contribution in [0.5, 0.6) is 0 Å². The van der Waals surface area contributed by atoms with E-state index in [4.69, 9.17) is 0 Å². The lowest BCUT2D eigenvalue weighted by Crippen LogP contribution is -2.53. The molecule has 1 amide bonds. The SMILES string of the molecule is CCCN1C(=O)CC1C[C@H](C)CCC=C(C)C. The highest BCUT2D eigenvalue weighted by molar-refractivity contribution is 5.83. The Morgan fingerprint density at radius 1 is 1.53 bits per heavy atom. The maximum atomic E-state index is 11.4. The summed E-state index contributed by atoms with van der Waals surface area (Å²) in [5.74, 6) is 1.08. The number of hydrogen-bond acceptors (Lipinski definition) is 1. The molecule has 2 heteroatoms. The van der Waals surface area contributed by atoms with Crippen molar-refractivity contribution in [3.05, 3.63) is 11.6 Å². The molecule has 1 aliphatic rings. The average Bonchev–Trinajstić information content (AvgIpc) is 2.25. The maximum Gasteiger partial charge on any atom is 0.224 e. The fourth-order valence-corrected chi connectivity index (χ4v) is 2.52. The van der Waals surface area contributed by atoms with Gasteiger partial charge in [-0.3, -0.25) is 4.79 Å². The molecule has 1 rings (SSSR count). The minimum Gasteiger partial charge on any atom is -0.339 e. The zero-order valence-corrected chi connectivity index (χ0v) is 11.8. The number of likely N-dealkylation sites (tertiary alicyclic amines) is 1. The van der Waals surface area contributed by atoms with E-state index in [9.17, 15) is 4.79 Å². The second-order valence-corrected chi connectivity index (χ2v) is 5.64. The van der Waals surface area contributed by atoms with Gasteiger partial charge in [0.2, 0.25) is 5.91 Å². The van der Waals surface area contributed by atoms with Gasteiger partial charge < -0.3 is 4.90 Å². The van der Waals surface area contributed by atoms with Crippen molar-refractivity contribution < 1.29 is 4.79 Å². The molecule has 0 N–H and O–H groups in total. The van der Waals surface area contributed by atoms with E-state index in [0.717, 1.165) is 25.3 Å². The molecule has 1 heterocycles. The maximum absolute atomic E-state index is 11.4. The van der Waals surface area contributed by atoms with Crippen molar-refractivity contribution in [3.8, 4) is 0 Å². The molecule has 0 aliphatic carbocycles. The van der Waals surface area contributed by atoms with E-state index in [2.05, 4.69) is 38.7 Å². The van der Waals surface area contributed by atoms with E-state index in [1.807, 2.05) is 0 Å². The summed E-state index contributed by atoms with van der Waals surface area (Å²) in [6.45, 7) is 9.70. The molecular weight excluding hydrogens is 210 g/mol. The molecule has 1 unspecified atom stereocenters. The number of hydrogen-bond donors (Lipinski definition) is 0. The summed E-state index contributed by atoms with van der Waals surface area (Å²) in [5.41, 5.74) is 1.41. The minimum absolute atomic E-state index is 0.355. The quantitative estimate of drug-likeness (QED) is 0.487. The Balaban J connectivity index is 2.24. The van der Waals surface area contributed by atoms with Crippen molar-refractivity contribution in [2.24, 2.45) is 5.92 Å². The van der Waals surface area contributed by atoms with Gasteiger partial charge in [0.15, 0.2) is 0 Å². The normalized spacial score (nSPS) is 21.1. The largest absolute Gasteiger partial charge is 0.339 e. The molecule has 1 saturated heterocycles. The van der Waals surface area contributed by atoms with Crippen LogP contribution in [0.25, 0.3) is 0 Å². The van der Waals surface area contributed by atoms with Crippen LogP contribution in [0.1, 0.15) is 59.8 Å². The molecule has 17 heavy (non-hydrogen) atoms. The first-order valence-corrected chi connectivity index (χ1v) is 6.97. The molecule has 0 saturated carbocycles. The summed E-state index contributed by atoms with van der Waals surface area (Å²) in [5, 5.41) is 0. The fourth-order valence-electron chi connectivity index (χ4n) is 2.52. The Hall–Kier alpha value is -0.790. The van der Waals surface area contributed by atoms with E-state index in [0.29, 0.717) is 11.9 Å². The van der Waals surface area contributed by atoms with Crippen LogP contribution >= 0.6 is 0 Å². The smallest absolute Gasteiger partial charge is 0.224 e. The van der Waals surface area contributed by atoms with Crippen LogP contribution in [-0.2, 0) is 4.79 Å². The Kier molecular flexibility index (Phi) is 5.73. The minimum atomic E-state index is 0.355. The second kappa shape index (κ2) is 6.83. The molecular formula is C15H27NO. The average molecular weight is 237 g/mol. The van der Waals surface area contributed by atoms with Crippen LogP contribution in [-0.4, -0.2) is 23.4 Å². The van der Waals surface area contributed by atoms with Crippen LogP contribution in [0.2, 0.25) is 0 Å². The van der Waals surface area contributed by atoms with Crippen LogP contribution < -0.4 is 0 Å². The Morgan fingerprint density at radius 3 is 2.76 bits per heavy atom. The highest BCUT2D eigenvalue weighted by Crippen LogP contribution is 2.27.